The fourth-order valence-corrected chi connectivity index (χ4v) is 3.62. The summed E-state index contributed by atoms with van der Waals surface area (Å²) in [5, 5.41) is 3.49. The molecule has 6 nitrogen and oxygen atoms in total. The van der Waals surface area contributed by atoms with Gasteiger partial charge in [-0.05, 0) is 44.0 Å². The lowest BCUT2D eigenvalue weighted by Crippen LogP contribution is -2.50. The Morgan fingerprint density at radius 3 is 2.35 bits per heavy atom. The van der Waals surface area contributed by atoms with Gasteiger partial charge in [0.15, 0.2) is 0 Å². The van der Waals surface area contributed by atoms with Gasteiger partial charge >= 0.3 is 0 Å². The molecule has 1 aliphatic rings. The Hall–Kier alpha value is -1.15. The fourth-order valence-electron chi connectivity index (χ4n) is 2.65. The van der Waals surface area contributed by atoms with E-state index >= 15 is 0 Å². The lowest BCUT2D eigenvalue weighted by molar-refractivity contribution is -0.121. The van der Waals surface area contributed by atoms with Crippen molar-refractivity contribution in [2.45, 2.75) is 31.8 Å². The van der Waals surface area contributed by atoms with Crippen molar-refractivity contribution in [3.05, 3.63) is 29.3 Å². The molecule has 23 heavy (non-hydrogen) atoms. The summed E-state index contributed by atoms with van der Waals surface area (Å²) < 4.78 is 25.1. The minimum atomic E-state index is -3.18. The first kappa shape index (κ1) is 18.2. The number of sulfonamides is 1. The topological polar surface area (TPSA) is 78.5 Å². The molecule has 0 spiro atoms. The Bertz CT molecular complexity index is 640. The Balaban J connectivity index is 1.85. The summed E-state index contributed by atoms with van der Waals surface area (Å²) in [7, 11) is -3.18. The van der Waals surface area contributed by atoms with Gasteiger partial charge in [-0.25, -0.2) is 13.1 Å². The van der Waals surface area contributed by atoms with Crippen molar-refractivity contribution in [2.75, 3.05) is 24.7 Å². The molecule has 0 radical (unpaired) electrons. The number of rotatable bonds is 5. The van der Waals surface area contributed by atoms with Gasteiger partial charge in [-0.15, -0.1) is 0 Å². The third-order valence-corrected chi connectivity index (χ3v) is 4.96. The van der Waals surface area contributed by atoms with E-state index in [4.69, 9.17) is 11.6 Å². The van der Waals surface area contributed by atoms with E-state index in [1.54, 1.807) is 24.3 Å². The molecule has 0 aromatic heterocycles. The maximum absolute atomic E-state index is 12.3. The Morgan fingerprint density at radius 2 is 1.83 bits per heavy atom. The summed E-state index contributed by atoms with van der Waals surface area (Å²) in [6.07, 6.45) is 2.57. The third kappa shape index (κ3) is 5.76. The number of likely N-dealkylation sites (tertiary alicyclic amines) is 1. The van der Waals surface area contributed by atoms with Crippen LogP contribution in [0, 0.1) is 0 Å². The van der Waals surface area contributed by atoms with E-state index in [1.165, 1.54) is 6.26 Å². The highest BCUT2D eigenvalue weighted by atomic mass is 35.5. The van der Waals surface area contributed by atoms with Gasteiger partial charge in [-0.2, -0.15) is 0 Å². The number of piperidine rings is 1. The summed E-state index contributed by atoms with van der Waals surface area (Å²) in [6, 6.07) is 6.65. The molecule has 1 amide bonds. The molecule has 1 saturated heterocycles. The second-order valence-electron chi connectivity index (χ2n) is 5.87. The van der Waals surface area contributed by atoms with Gasteiger partial charge in [0.1, 0.15) is 0 Å². The molecule has 1 aromatic rings. The standard InChI is InChI=1S/C15H22ClN3O3S/c1-11(15(20)17-13-5-3-12(16)4-6-13)19-9-7-14(8-10-19)18-23(2,21)22/h3-6,11,14,18H,7-10H2,1-2H3,(H,17,20)/t11-/m1/s1. The number of benzene rings is 1. The van der Waals surface area contributed by atoms with Crippen LogP contribution in [0.2, 0.25) is 5.02 Å². The van der Waals surface area contributed by atoms with Crippen molar-refractivity contribution in [3.8, 4) is 0 Å². The first-order chi connectivity index (χ1) is 10.7. The average molecular weight is 360 g/mol. The molecule has 1 fully saturated rings. The molecule has 1 atom stereocenters. The van der Waals surface area contributed by atoms with Crippen molar-refractivity contribution in [3.63, 3.8) is 0 Å². The quantitative estimate of drug-likeness (QED) is 0.838. The zero-order valence-electron chi connectivity index (χ0n) is 13.3. The van der Waals surface area contributed by atoms with E-state index in [0.717, 1.165) is 0 Å². The number of hydrogen-bond acceptors (Lipinski definition) is 4. The molecule has 8 heteroatoms. The van der Waals surface area contributed by atoms with Crippen molar-refractivity contribution < 1.29 is 13.2 Å². The number of nitrogens with zero attached hydrogens (tertiary/aromatic N) is 1. The lowest BCUT2D eigenvalue weighted by atomic mass is 10.0. The van der Waals surface area contributed by atoms with Crippen LogP contribution in [-0.2, 0) is 14.8 Å². The van der Waals surface area contributed by atoms with Gasteiger partial charge in [0.05, 0.1) is 12.3 Å². The van der Waals surface area contributed by atoms with Gasteiger partial charge in [0.25, 0.3) is 0 Å². The second-order valence-corrected chi connectivity index (χ2v) is 8.09. The van der Waals surface area contributed by atoms with E-state index in [9.17, 15) is 13.2 Å². The summed E-state index contributed by atoms with van der Waals surface area (Å²) >= 11 is 5.82. The largest absolute Gasteiger partial charge is 0.325 e. The maximum Gasteiger partial charge on any atom is 0.241 e. The zero-order valence-corrected chi connectivity index (χ0v) is 14.8. The highest BCUT2D eigenvalue weighted by Gasteiger charge is 2.27. The number of nitrogens with one attached hydrogen (secondary N) is 2. The molecule has 1 aromatic carbocycles. The van der Waals surface area contributed by atoms with Crippen molar-refractivity contribution in [1.82, 2.24) is 9.62 Å². The highest BCUT2D eigenvalue weighted by Crippen LogP contribution is 2.17. The number of anilines is 1. The van der Waals surface area contributed by atoms with Crippen LogP contribution in [0.15, 0.2) is 24.3 Å². The van der Waals surface area contributed by atoms with Crippen molar-refractivity contribution in [1.29, 1.82) is 0 Å². The van der Waals surface area contributed by atoms with Crippen molar-refractivity contribution in [2.24, 2.45) is 0 Å². The normalized spacial score (nSPS) is 18.6. The zero-order chi connectivity index (χ0) is 17.0. The maximum atomic E-state index is 12.3. The van der Waals surface area contributed by atoms with E-state index in [1.807, 2.05) is 6.92 Å². The SMILES string of the molecule is C[C@H](C(=O)Nc1ccc(Cl)cc1)N1CCC(NS(C)(=O)=O)CC1. The van der Waals surface area contributed by atoms with Gasteiger partial charge in [0.2, 0.25) is 15.9 Å². The molecule has 0 bridgehead atoms. The summed E-state index contributed by atoms with van der Waals surface area (Å²) in [4.78, 5) is 14.4. The molecule has 0 unspecified atom stereocenters. The van der Waals surface area contributed by atoms with Crippen LogP contribution in [-0.4, -0.2) is 50.7 Å². The minimum Gasteiger partial charge on any atom is -0.325 e. The molecule has 128 valence electrons. The van der Waals surface area contributed by atoms with Crippen molar-refractivity contribution >= 4 is 33.2 Å². The van der Waals surface area contributed by atoms with Gasteiger partial charge in [-0.1, -0.05) is 11.6 Å². The lowest BCUT2D eigenvalue weighted by Gasteiger charge is -2.35. The fraction of sp³-hybridized carbons (Fsp3) is 0.533. The number of carbonyl (C=O) groups is 1. The average Bonchev–Trinajstić information content (AvgIpc) is 2.48. The van der Waals surface area contributed by atoms with E-state index in [2.05, 4.69) is 14.9 Å². The minimum absolute atomic E-state index is 0.0484. The molecule has 2 N–H and O–H groups in total. The number of hydrogen-bond donors (Lipinski definition) is 2. The van der Waals surface area contributed by atoms with Crippen LogP contribution < -0.4 is 10.0 Å². The smallest absolute Gasteiger partial charge is 0.241 e. The molecular weight excluding hydrogens is 338 g/mol. The molecule has 1 aliphatic heterocycles. The number of amides is 1. The van der Waals surface area contributed by atoms with Gasteiger partial charge in [0, 0.05) is 29.8 Å². The Labute approximate surface area is 142 Å². The Morgan fingerprint density at radius 1 is 1.26 bits per heavy atom. The Kier molecular flexibility index (Phi) is 6.02. The molecule has 0 aliphatic carbocycles. The monoisotopic (exact) mass is 359 g/mol. The van der Waals surface area contributed by atoms with E-state index in [-0.39, 0.29) is 18.0 Å². The van der Waals surface area contributed by atoms with Crippen LogP contribution in [0.4, 0.5) is 5.69 Å². The van der Waals surface area contributed by atoms with Crippen LogP contribution in [0.5, 0.6) is 0 Å². The molecular formula is C15H22ClN3O3S. The van der Waals surface area contributed by atoms with Crippen LogP contribution in [0.3, 0.4) is 0 Å². The van der Waals surface area contributed by atoms with E-state index < -0.39 is 10.0 Å². The molecule has 1 heterocycles. The summed E-state index contributed by atoms with van der Waals surface area (Å²) in [6.45, 7) is 3.22. The van der Waals surface area contributed by atoms with E-state index in [0.29, 0.717) is 36.6 Å². The predicted octanol–water partition coefficient (Wildman–Crippen LogP) is 1.68. The molecule has 2 rings (SSSR count). The first-order valence-electron chi connectivity index (χ1n) is 7.52. The second kappa shape index (κ2) is 7.61. The number of halogens is 1. The summed E-state index contributed by atoms with van der Waals surface area (Å²) in [5.74, 6) is -0.0816. The van der Waals surface area contributed by atoms with Crippen LogP contribution >= 0.6 is 11.6 Å². The first-order valence-corrected chi connectivity index (χ1v) is 9.79. The number of carbonyl (C=O) groups excluding carboxylic acids is 1. The van der Waals surface area contributed by atoms with Crippen LogP contribution in [0.25, 0.3) is 0 Å². The van der Waals surface area contributed by atoms with Crippen LogP contribution in [0.1, 0.15) is 19.8 Å². The van der Waals surface area contributed by atoms with Gasteiger partial charge in [-0.3, -0.25) is 9.69 Å². The summed E-state index contributed by atoms with van der Waals surface area (Å²) in [5.41, 5.74) is 0.708. The van der Waals surface area contributed by atoms with Gasteiger partial charge < -0.3 is 5.32 Å². The highest BCUT2D eigenvalue weighted by molar-refractivity contribution is 7.88. The predicted molar refractivity (Wildman–Crippen MR) is 92.1 cm³/mol. The molecule has 0 saturated carbocycles. The third-order valence-electron chi connectivity index (χ3n) is 3.95.